The van der Waals surface area contributed by atoms with Crippen molar-refractivity contribution in [2.24, 2.45) is 0 Å². The molecule has 2 rings (SSSR count). The summed E-state index contributed by atoms with van der Waals surface area (Å²) in [5.41, 5.74) is 3.78. The van der Waals surface area contributed by atoms with E-state index in [-0.39, 0.29) is 13.0 Å². The van der Waals surface area contributed by atoms with Crippen LogP contribution in [0.15, 0.2) is 48.5 Å². The lowest BCUT2D eigenvalue weighted by Gasteiger charge is -2.16. The van der Waals surface area contributed by atoms with Gasteiger partial charge in [0.1, 0.15) is 12.6 Å². The fourth-order valence-electron chi connectivity index (χ4n) is 2.35. The zero-order valence-electron chi connectivity index (χ0n) is 13.8. The highest BCUT2D eigenvalue weighted by atomic mass is 16.5. The minimum Gasteiger partial charge on any atom is -0.480 e. The van der Waals surface area contributed by atoms with Gasteiger partial charge in [-0.3, -0.25) is 0 Å². The first-order valence-corrected chi connectivity index (χ1v) is 7.72. The molecule has 1 amide bonds. The second kappa shape index (κ2) is 8.15. The summed E-state index contributed by atoms with van der Waals surface area (Å²) < 4.78 is 5.09. The Bertz CT molecular complexity index is 713. The van der Waals surface area contributed by atoms with Crippen LogP contribution in [-0.2, 0) is 22.6 Å². The molecule has 5 nitrogen and oxygen atoms in total. The van der Waals surface area contributed by atoms with Gasteiger partial charge in [-0.2, -0.15) is 0 Å². The van der Waals surface area contributed by atoms with Crippen LogP contribution in [0.4, 0.5) is 4.79 Å². The number of rotatable bonds is 6. The third-order valence-corrected chi connectivity index (χ3v) is 3.73. The van der Waals surface area contributed by atoms with Gasteiger partial charge < -0.3 is 15.2 Å². The van der Waals surface area contributed by atoms with Crippen LogP contribution in [0.1, 0.15) is 22.3 Å². The summed E-state index contributed by atoms with van der Waals surface area (Å²) in [5.74, 6) is -1.09. The van der Waals surface area contributed by atoms with E-state index >= 15 is 0 Å². The molecular weight excluding hydrogens is 306 g/mol. The Kier molecular flexibility index (Phi) is 5.95. The van der Waals surface area contributed by atoms with Crippen LogP contribution in [0.2, 0.25) is 0 Å². The highest BCUT2D eigenvalue weighted by Gasteiger charge is 2.22. The number of nitrogens with one attached hydrogen (secondary N) is 1. The van der Waals surface area contributed by atoms with Crippen molar-refractivity contribution in [2.75, 3.05) is 0 Å². The van der Waals surface area contributed by atoms with Crippen LogP contribution >= 0.6 is 0 Å². The second-order valence-electron chi connectivity index (χ2n) is 5.73. The molecule has 0 saturated carbocycles. The SMILES string of the molecule is Cc1ccc(C)c(C[C@H](NC(=O)OCc2ccccc2)C(=O)O)c1. The quantitative estimate of drug-likeness (QED) is 0.854. The Balaban J connectivity index is 1.96. The molecule has 0 radical (unpaired) electrons. The van der Waals surface area contributed by atoms with Crippen molar-refractivity contribution in [3.05, 3.63) is 70.8 Å². The molecule has 0 aromatic heterocycles. The van der Waals surface area contributed by atoms with Crippen LogP contribution in [0, 0.1) is 13.8 Å². The Hall–Kier alpha value is -2.82. The first kappa shape index (κ1) is 17.5. The summed E-state index contributed by atoms with van der Waals surface area (Å²) in [6, 6.07) is 14.0. The standard InChI is InChI=1S/C19H21NO4/c1-13-8-9-14(2)16(10-13)11-17(18(21)22)20-19(23)24-12-15-6-4-3-5-7-15/h3-10,17H,11-12H2,1-2H3,(H,20,23)(H,21,22)/t17-/m0/s1. The molecule has 0 aliphatic carbocycles. The van der Waals surface area contributed by atoms with E-state index < -0.39 is 18.1 Å². The molecule has 0 saturated heterocycles. The molecule has 126 valence electrons. The number of carbonyl (C=O) groups is 2. The summed E-state index contributed by atoms with van der Waals surface area (Å²) in [7, 11) is 0. The molecule has 0 aliphatic rings. The number of hydrogen-bond acceptors (Lipinski definition) is 3. The van der Waals surface area contributed by atoms with Crippen molar-refractivity contribution in [2.45, 2.75) is 32.9 Å². The molecule has 0 unspecified atom stereocenters. The van der Waals surface area contributed by atoms with Gasteiger partial charge >= 0.3 is 12.1 Å². The Labute approximate surface area is 141 Å². The fourth-order valence-corrected chi connectivity index (χ4v) is 2.35. The summed E-state index contributed by atoms with van der Waals surface area (Å²) in [6.07, 6.45) is -0.528. The highest BCUT2D eigenvalue weighted by Crippen LogP contribution is 2.13. The topological polar surface area (TPSA) is 75.6 Å². The van der Waals surface area contributed by atoms with Crippen LogP contribution in [-0.4, -0.2) is 23.2 Å². The van der Waals surface area contributed by atoms with E-state index in [1.54, 1.807) is 0 Å². The summed E-state index contributed by atoms with van der Waals surface area (Å²) >= 11 is 0. The number of amides is 1. The van der Waals surface area contributed by atoms with Crippen LogP contribution in [0.3, 0.4) is 0 Å². The fraction of sp³-hybridized carbons (Fsp3) is 0.263. The molecule has 0 aliphatic heterocycles. The smallest absolute Gasteiger partial charge is 0.408 e. The number of carbonyl (C=O) groups excluding carboxylic acids is 1. The molecular formula is C19H21NO4. The van der Waals surface area contributed by atoms with E-state index in [9.17, 15) is 14.7 Å². The maximum Gasteiger partial charge on any atom is 0.408 e. The van der Waals surface area contributed by atoms with Crippen LogP contribution < -0.4 is 5.32 Å². The van der Waals surface area contributed by atoms with Crippen molar-refractivity contribution in [3.63, 3.8) is 0 Å². The number of aliphatic carboxylic acids is 1. The van der Waals surface area contributed by atoms with Gasteiger partial charge in [-0.1, -0.05) is 54.1 Å². The highest BCUT2D eigenvalue weighted by molar-refractivity contribution is 5.80. The van der Waals surface area contributed by atoms with Gasteiger partial charge in [-0.15, -0.1) is 0 Å². The molecule has 2 aromatic carbocycles. The van der Waals surface area contributed by atoms with Crippen molar-refractivity contribution in [1.82, 2.24) is 5.32 Å². The maximum atomic E-state index is 11.9. The van der Waals surface area contributed by atoms with E-state index in [4.69, 9.17) is 4.74 Å². The van der Waals surface area contributed by atoms with E-state index in [0.717, 1.165) is 22.3 Å². The molecule has 2 N–H and O–H groups in total. The summed E-state index contributed by atoms with van der Waals surface area (Å²) in [6.45, 7) is 3.96. The lowest BCUT2D eigenvalue weighted by Crippen LogP contribution is -2.42. The van der Waals surface area contributed by atoms with Gasteiger partial charge in [0.2, 0.25) is 0 Å². The number of hydrogen-bond donors (Lipinski definition) is 2. The van der Waals surface area contributed by atoms with Gasteiger partial charge in [0, 0.05) is 6.42 Å². The van der Waals surface area contributed by atoms with Gasteiger partial charge in [0.15, 0.2) is 0 Å². The third kappa shape index (κ3) is 5.12. The number of benzene rings is 2. The van der Waals surface area contributed by atoms with Crippen molar-refractivity contribution in [3.8, 4) is 0 Å². The lowest BCUT2D eigenvalue weighted by atomic mass is 9.99. The second-order valence-corrected chi connectivity index (χ2v) is 5.73. The van der Waals surface area contributed by atoms with Gasteiger partial charge in [-0.25, -0.2) is 9.59 Å². The predicted octanol–water partition coefficient (Wildman–Crippen LogP) is 3.23. The van der Waals surface area contributed by atoms with Crippen molar-refractivity contribution >= 4 is 12.1 Å². The lowest BCUT2D eigenvalue weighted by molar-refractivity contribution is -0.139. The van der Waals surface area contributed by atoms with Crippen LogP contribution in [0.25, 0.3) is 0 Å². The van der Waals surface area contributed by atoms with Crippen molar-refractivity contribution in [1.29, 1.82) is 0 Å². The van der Waals surface area contributed by atoms with Crippen molar-refractivity contribution < 1.29 is 19.4 Å². The molecule has 0 heterocycles. The number of ether oxygens (including phenoxy) is 1. The molecule has 0 bridgehead atoms. The Morgan fingerprint density at radius 1 is 1.12 bits per heavy atom. The van der Waals surface area contributed by atoms with E-state index in [1.165, 1.54) is 0 Å². The molecule has 24 heavy (non-hydrogen) atoms. The van der Waals surface area contributed by atoms with Crippen LogP contribution in [0.5, 0.6) is 0 Å². The largest absolute Gasteiger partial charge is 0.480 e. The average molecular weight is 327 g/mol. The molecule has 5 heteroatoms. The molecule has 1 atom stereocenters. The zero-order chi connectivity index (χ0) is 17.5. The minimum absolute atomic E-state index is 0.0997. The number of aryl methyl sites for hydroxylation is 2. The Morgan fingerprint density at radius 2 is 1.83 bits per heavy atom. The average Bonchev–Trinajstić information content (AvgIpc) is 2.56. The van der Waals surface area contributed by atoms with E-state index in [0.29, 0.717) is 0 Å². The number of carboxylic acid groups (broad SMARTS) is 1. The summed E-state index contributed by atoms with van der Waals surface area (Å²) in [4.78, 5) is 23.3. The first-order chi connectivity index (χ1) is 11.5. The third-order valence-electron chi connectivity index (χ3n) is 3.73. The zero-order valence-corrected chi connectivity index (χ0v) is 13.8. The number of alkyl carbamates (subject to hydrolysis) is 1. The van der Waals surface area contributed by atoms with Gasteiger partial charge in [-0.05, 0) is 30.5 Å². The predicted molar refractivity (Wildman–Crippen MR) is 90.8 cm³/mol. The maximum absolute atomic E-state index is 11.9. The molecule has 0 fully saturated rings. The number of carboxylic acids is 1. The molecule has 2 aromatic rings. The normalized spacial score (nSPS) is 11.6. The molecule has 0 spiro atoms. The van der Waals surface area contributed by atoms with E-state index in [1.807, 2.05) is 62.4 Å². The Morgan fingerprint density at radius 3 is 2.50 bits per heavy atom. The monoisotopic (exact) mass is 327 g/mol. The summed E-state index contributed by atoms with van der Waals surface area (Å²) in [5, 5.41) is 11.8. The van der Waals surface area contributed by atoms with Gasteiger partial charge in [0.05, 0.1) is 0 Å². The van der Waals surface area contributed by atoms with Gasteiger partial charge in [0.25, 0.3) is 0 Å². The first-order valence-electron chi connectivity index (χ1n) is 7.72. The van der Waals surface area contributed by atoms with E-state index in [2.05, 4.69) is 5.32 Å². The minimum atomic E-state index is -1.09.